The maximum atomic E-state index is 10.3. The van der Waals surface area contributed by atoms with Gasteiger partial charge in [-0.25, -0.2) is 0 Å². The van der Waals surface area contributed by atoms with Crippen LogP contribution in [0.5, 0.6) is 0 Å². The molecule has 0 radical (unpaired) electrons. The molecule has 0 bridgehead atoms. The molecule has 1 aliphatic rings. The second-order valence-corrected chi connectivity index (χ2v) is 6.34. The van der Waals surface area contributed by atoms with Crippen molar-refractivity contribution in [3.05, 3.63) is 0 Å². The van der Waals surface area contributed by atoms with E-state index < -0.39 is 0 Å². The van der Waals surface area contributed by atoms with Crippen molar-refractivity contribution in [2.24, 2.45) is 17.3 Å². The van der Waals surface area contributed by atoms with E-state index in [1.54, 1.807) is 0 Å². The Kier molecular flexibility index (Phi) is 5.30. The summed E-state index contributed by atoms with van der Waals surface area (Å²) in [6.07, 6.45) is 8.69. The van der Waals surface area contributed by atoms with Crippen molar-refractivity contribution in [3.8, 4) is 0 Å². The molecule has 0 amide bonds. The van der Waals surface area contributed by atoms with Gasteiger partial charge in [0.15, 0.2) is 0 Å². The van der Waals surface area contributed by atoms with Gasteiger partial charge in [0, 0.05) is 0 Å². The Morgan fingerprint density at radius 1 is 1.19 bits per heavy atom. The van der Waals surface area contributed by atoms with Crippen LogP contribution in [0.2, 0.25) is 0 Å². The first-order chi connectivity index (χ1) is 7.51. The molecule has 1 rings (SSSR count). The zero-order valence-corrected chi connectivity index (χ0v) is 11.6. The molecule has 0 aromatic carbocycles. The van der Waals surface area contributed by atoms with E-state index in [9.17, 15) is 5.11 Å². The van der Waals surface area contributed by atoms with E-state index in [0.29, 0.717) is 11.3 Å². The minimum absolute atomic E-state index is 0.0504. The Morgan fingerprint density at radius 3 is 2.38 bits per heavy atom. The SMILES string of the molecule is CCCCC1CCC(C(C)(C)CC)C(O)C1. The van der Waals surface area contributed by atoms with Crippen LogP contribution in [0.1, 0.15) is 72.6 Å². The summed E-state index contributed by atoms with van der Waals surface area (Å²) in [5.41, 5.74) is 0.315. The Bertz CT molecular complexity index is 198. The highest BCUT2D eigenvalue weighted by Gasteiger charge is 2.37. The van der Waals surface area contributed by atoms with E-state index in [4.69, 9.17) is 0 Å². The highest BCUT2D eigenvalue weighted by Crippen LogP contribution is 2.43. The lowest BCUT2D eigenvalue weighted by Gasteiger charge is -2.42. The number of hydrogen-bond acceptors (Lipinski definition) is 1. The van der Waals surface area contributed by atoms with E-state index >= 15 is 0 Å². The summed E-state index contributed by atoms with van der Waals surface area (Å²) in [6.45, 7) is 9.12. The van der Waals surface area contributed by atoms with Crippen LogP contribution >= 0.6 is 0 Å². The van der Waals surface area contributed by atoms with Crippen LogP contribution in [0.25, 0.3) is 0 Å². The molecule has 0 aliphatic heterocycles. The van der Waals surface area contributed by atoms with Crippen molar-refractivity contribution in [2.45, 2.75) is 78.7 Å². The van der Waals surface area contributed by atoms with E-state index in [2.05, 4.69) is 27.7 Å². The van der Waals surface area contributed by atoms with Crippen molar-refractivity contribution in [1.29, 1.82) is 0 Å². The summed E-state index contributed by atoms with van der Waals surface area (Å²) in [4.78, 5) is 0. The molecule has 96 valence electrons. The molecule has 3 atom stereocenters. The summed E-state index contributed by atoms with van der Waals surface area (Å²) >= 11 is 0. The number of unbranched alkanes of at least 4 members (excludes halogenated alkanes) is 1. The summed E-state index contributed by atoms with van der Waals surface area (Å²) in [5.74, 6) is 1.31. The first kappa shape index (κ1) is 14.0. The lowest BCUT2D eigenvalue weighted by molar-refractivity contribution is -0.0185. The van der Waals surface area contributed by atoms with Crippen molar-refractivity contribution in [2.75, 3.05) is 0 Å². The maximum absolute atomic E-state index is 10.3. The molecule has 1 fully saturated rings. The molecule has 0 aromatic heterocycles. The van der Waals surface area contributed by atoms with Crippen molar-refractivity contribution in [1.82, 2.24) is 0 Å². The van der Waals surface area contributed by atoms with E-state index in [1.807, 2.05) is 0 Å². The minimum Gasteiger partial charge on any atom is -0.393 e. The Labute approximate surface area is 102 Å². The minimum atomic E-state index is -0.0504. The van der Waals surface area contributed by atoms with E-state index in [-0.39, 0.29) is 6.10 Å². The topological polar surface area (TPSA) is 20.2 Å². The van der Waals surface area contributed by atoms with Gasteiger partial charge in [-0.2, -0.15) is 0 Å². The summed E-state index contributed by atoms with van der Waals surface area (Å²) in [5, 5.41) is 10.3. The van der Waals surface area contributed by atoms with Crippen molar-refractivity contribution < 1.29 is 5.11 Å². The fourth-order valence-corrected chi connectivity index (χ4v) is 3.16. The van der Waals surface area contributed by atoms with Crippen molar-refractivity contribution >= 4 is 0 Å². The molecule has 1 aliphatic carbocycles. The highest BCUT2D eigenvalue weighted by atomic mass is 16.3. The molecule has 0 heterocycles. The van der Waals surface area contributed by atoms with Gasteiger partial charge in [0.05, 0.1) is 6.10 Å². The largest absolute Gasteiger partial charge is 0.393 e. The normalized spacial score (nSPS) is 31.7. The third-order valence-corrected chi connectivity index (χ3v) is 4.81. The Balaban J connectivity index is 2.46. The number of hydrogen-bond donors (Lipinski definition) is 1. The standard InChI is InChI=1S/C15H30O/c1-5-7-8-12-9-10-13(14(16)11-12)15(3,4)6-2/h12-14,16H,5-11H2,1-4H3. The van der Waals surface area contributed by atoms with Crippen LogP contribution in [0.4, 0.5) is 0 Å². The highest BCUT2D eigenvalue weighted by molar-refractivity contribution is 4.88. The maximum Gasteiger partial charge on any atom is 0.0576 e. The smallest absolute Gasteiger partial charge is 0.0576 e. The first-order valence-corrected chi connectivity index (χ1v) is 7.19. The number of aliphatic hydroxyl groups is 1. The van der Waals surface area contributed by atoms with Gasteiger partial charge in [0.1, 0.15) is 0 Å². The third-order valence-electron chi connectivity index (χ3n) is 4.81. The van der Waals surface area contributed by atoms with Gasteiger partial charge in [0.2, 0.25) is 0 Å². The van der Waals surface area contributed by atoms with Crippen molar-refractivity contribution in [3.63, 3.8) is 0 Å². The molecule has 1 heteroatoms. The van der Waals surface area contributed by atoms with Gasteiger partial charge >= 0.3 is 0 Å². The molecule has 16 heavy (non-hydrogen) atoms. The molecular weight excluding hydrogens is 196 g/mol. The molecule has 0 aromatic rings. The molecule has 0 saturated heterocycles. The quantitative estimate of drug-likeness (QED) is 0.737. The second-order valence-electron chi connectivity index (χ2n) is 6.34. The van der Waals surface area contributed by atoms with Crippen LogP contribution in [-0.2, 0) is 0 Å². The predicted octanol–water partition coefficient (Wildman–Crippen LogP) is 4.39. The van der Waals surface area contributed by atoms with E-state index in [0.717, 1.165) is 12.3 Å². The van der Waals surface area contributed by atoms with E-state index in [1.165, 1.54) is 38.5 Å². The molecule has 1 saturated carbocycles. The zero-order valence-electron chi connectivity index (χ0n) is 11.6. The fourth-order valence-electron chi connectivity index (χ4n) is 3.16. The van der Waals surface area contributed by atoms with Gasteiger partial charge < -0.3 is 5.11 Å². The van der Waals surface area contributed by atoms with Gasteiger partial charge in [0.25, 0.3) is 0 Å². The summed E-state index contributed by atoms with van der Waals surface area (Å²) in [7, 11) is 0. The molecule has 1 nitrogen and oxygen atoms in total. The monoisotopic (exact) mass is 226 g/mol. The average molecular weight is 226 g/mol. The molecule has 3 unspecified atom stereocenters. The van der Waals surface area contributed by atoms with Crippen LogP contribution in [0.3, 0.4) is 0 Å². The molecular formula is C15H30O. The first-order valence-electron chi connectivity index (χ1n) is 7.19. The average Bonchev–Trinajstić information content (AvgIpc) is 2.26. The summed E-state index contributed by atoms with van der Waals surface area (Å²) in [6, 6.07) is 0. The third kappa shape index (κ3) is 3.48. The molecule has 0 spiro atoms. The van der Waals surface area contributed by atoms with Gasteiger partial charge in [-0.1, -0.05) is 53.4 Å². The zero-order chi connectivity index (χ0) is 12.2. The van der Waals surface area contributed by atoms with Crippen LogP contribution in [0, 0.1) is 17.3 Å². The number of aliphatic hydroxyl groups excluding tert-OH is 1. The lowest BCUT2D eigenvalue weighted by Crippen LogP contribution is -2.38. The lowest BCUT2D eigenvalue weighted by atomic mass is 9.65. The summed E-state index contributed by atoms with van der Waals surface area (Å²) < 4.78 is 0. The van der Waals surface area contributed by atoms with Gasteiger partial charge in [-0.05, 0) is 36.5 Å². The van der Waals surface area contributed by atoms with Crippen LogP contribution in [0.15, 0.2) is 0 Å². The number of rotatable bonds is 5. The fraction of sp³-hybridized carbons (Fsp3) is 1.00. The van der Waals surface area contributed by atoms with Gasteiger partial charge in [-0.15, -0.1) is 0 Å². The predicted molar refractivity (Wildman–Crippen MR) is 70.4 cm³/mol. The molecule has 1 N–H and O–H groups in total. The van der Waals surface area contributed by atoms with Crippen LogP contribution in [-0.4, -0.2) is 11.2 Å². The van der Waals surface area contributed by atoms with Crippen LogP contribution < -0.4 is 0 Å². The Morgan fingerprint density at radius 2 is 1.88 bits per heavy atom. The van der Waals surface area contributed by atoms with Gasteiger partial charge in [-0.3, -0.25) is 0 Å². The second kappa shape index (κ2) is 6.05. The Hall–Kier alpha value is -0.0400.